The molecule has 0 saturated carbocycles. The lowest BCUT2D eigenvalue weighted by Crippen LogP contribution is -2.12. The van der Waals surface area contributed by atoms with Gasteiger partial charge in [-0.25, -0.2) is 9.48 Å². The molecule has 4 rings (SSSR count). The van der Waals surface area contributed by atoms with Gasteiger partial charge in [0.1, 0.15) is 10.6 Å². The van der Waals surface area contributed by atoms with Gasteiger partial charge < -0.3 is 14.8 Å². The van der Waals surface area contributed by atoms with Crippen molar-refractivity contribution in [1.82, 2.24) is 9.78 Å². The fraction of sp³-hybridized carbons (Fsp3) is 0.136. The number of hydrogen-bond acceptors (Lipinski definition) is 6. The van der Waals surface area contributed by atoms with Gasteiger partial charge in [-0.05, 0) is 49.4 Å². The third-order valence-electron chi connectivity index (χ3n) is 4.47. The Hall–Kier alpha value is -3.65. The van der Waals surface area contributed by atoms with E-state index >= 15 is 0 Å². The second-order valence-corrected chi connectivity index (χ2v) is 7.54. The van der Waals surface area contributed by atoms with Gasteiger partial charge in [-0.2, -0.15) is 5.10 Å². The number of aryl methyl sites for hydroxylation is 1. The van der Waals surface area contributed by atoms with Crippen molar-refractivity contribution in [2.24, 2.45) is 0 Å². The summed E-state index contributed by atoms with van der Waals surface area (Å²) in [7, 11) is 1.30. The molecule has 0 fully saturated rings. The Bertz CT molecular complexity index is 1200. The quantitative estimate of drug-likeness (QED) is 0.472. The Labute approximate surface area is 176 Å². The third kappa shape index (κ3) is 4.04. The predicted molar refractivity (Wildman–Crippen MR) is 116 cm³/mol. The standard InChI is InChI=1S/C22H19N3O4S/c1-14-18-12-19(30-22(18)25(24-14)16-6-4-3-5-7-16)21(27)23-15-8-10-17(11-9-15)29-13-20(26)28-2/h3-12H,13H2,1-2H3,(H,23,27). The van der Waals surface area contributed by atoms with E-state index in [1.54, 1.807) is 24.3 Å². The maximum Gasteiger partial charge on any atom is 0.343 e. The molecule has 0 atom stereocenters. The van der Waals surface area contributed by atoms with Gasteiger partial charge in [-0.1, -0.05) is 18.2 Å². The van der Waals surface area contributed by atoms with E-state index in [4.69, 9.17) is 4.74 Å². The van der Waals surface area contributed by atoms with Crippen LogP contribution in [0.2, 0.25) is 0 Å². The predicted octanol–water partition coefficient (Wildman–Crippen LogP) is 4.20. The van der Waals surface area contributed by atoms with Crippen molar-refractivity contribution < 1.29 is 19.1 Å². The average molecular weight is 421 g/mol. The lowest BCUT2D eigenvalue weighted by atomic mass is 10.2. The van der Waals surface area contributed by atoms with Crippen LogP contribution in [0.1, 0.15) is 15.4 Å². The van der Waals surface area contributed by atoms with Crippen LogP contribution in [0.15, 0.2) is 60.7 Å². The van der Waals surface area contributed by atoms with Crippen molar-refractivity contribution in [3.05, 3.63) is 71.2 Å². The van der Waals surface area contributed by atoms with Crippen LogP contribution in [0.4, 0.5) is 5.69 Å². The number of methoxy groups -OCH3 is 1. The molecule has 2 aromatic heterocycles. The molecule has 0 aliphatic rings. The summed E-state index contributed by atoms with van der Waals surface area (Å²) in [6.45, 7) is 1.77. The van der Waals surface area contributed by atoms with Crippen molar-refractivity contribution in [3.63, 3.8) is 0 Å². The van der Waals surface area contributed by atoms with E-state index in [0.29, 0.717) is 16.3 Å². The first-order valence-corrected chi connectivity index (χ1v) is 10.0. The zero-order chi connectivity index (χ0) is 21.1. The highest BCUT2D eigenvalue weighted by Gasteiger charge is 2.17. The summed E-state index contributed by atoms with van der Waals surface area (Å²) in [6, 6.07) is 18.5. The molecule has 0 aliphatic carbocycles. The van der Waals surface area contributed by atoms with Crippen LogP contribution in [-0.4, -0.2) is 35.4 Å². The molecule has 30 heavy (non-hydrogen) atoms. The van der Waals surface area contributed by atoms with Crippen molar-refractivity contribution in [2.75, 3.05) is 19.0 Å². The molecule has 7 nitrogen and oxygen atoms in total. The smallest absolute Gasteiger partial charge is 0.343 e. The van der Waals surface area contributed by atoms with E-state index in [-0.39, 0.29) is 12.5 Å². The number of carbonyl (C=O) groups excluding carboxylic acids is 2. The summed E-state index contributed by atoms with van der Waals surface area (Å²) in [6.07, 6.45) is 0. The second kappa shape index (κ2) is 8.38. The van der Waals surface area contributed by atoms with E-state index < -0.39 is 5.97 Å². The third-order valence-corrected chi connectivity index (χ3v) is 5.58. The average Bonchev–Trinajstić information content (AvgIpc) is 3.34. The summed E-state index contributed by atoms with van der Waals surface area (Å²) >= 11 is 1.40. The van der Waals surface area contributed by atoms with Crippen LogP contribution >= 0.6 is 11.3 Å². The number of esters is 1. The first-order chi connectivity index (χ1) is 14.5. The Morgan fingerprint density at radius 2 is 1.83 bits per heavy atom. The van der Waals surface area contributed by atoms with Crippen LogP contribution in [0.3, 0.4) is 0 Å². The molecule has 4 aromatic rings. The SMILES string of the molecule is COC(=O)COc1ccc(NC(=O)c2cc3c(C)nn(-c4ccccc4)c3s2)cc1. The maximum absolute atomic E-state index is 12.8. The van der Waals surface area contributed by atoms with E-state index in [1.165, 1.54) is 18.4 Å². The zero-order valence-corrected chi connectivity index (χ0v) is 17.2. The number of para-hydroxylation sites is 1. The summed E-state index contributed by atoms with van der Waals surface area (Å²) in [5, 5.41) is 8.44. The number of carbonyl (C=O) groups is 2. The minimum absolute atomic E-state index is 0.165. The zero-order valence-electron chi connectivity index (χ0n) is 16.4. The number of ether oxygens (including phenoxy) is 2. The maximum atomic E-state index is 12.8. The van der Waals surface area contributed by atoms with Crippen LogP contribution in [0.25, 0.3) is 15.9 Å². The molecular weight excluding hydrogens is 402 g/mol. The Balaban J connectivity index is 1.50. The van der Waals surface area contributed by atoms with Crippen LogP contribution < -0.4 is 10.1 Å². The molecule has 2 aromatic carbocycles. The monoisotopic (exact) mass is 421 g/mol. The number of thiophene rings is 1. The van der Waals surface area contributed by atoms with Crippen molar-refractivity contribution in [1.29, 1.82) is 0 Å². The molecule has 0 aliphatic heterocycles. The van der Waals surface area contributed by atoms with E-state index in [0.717, 1.165) is 21.6 Å². The normalized spacial score (nSPS) is 10.7. The van der Waals surface area contributed by atoms with Crippen LogP contribution in [-0.2, 0) is 9.53 Å². The van der Waals surface area contributed by atoms with Gasteiger partial charge in [-0.3, -0.25) is 4.79 Å². The first-order valence-electron chi connectivity index (χ1n) is 9.21. The molecule has 1 amide bonds. The Morgan fingerprint density at radius 1 is 1.10 bits per heavy atom. The molecule has 0 saturated heterocycles. The van der Waals surface area contributed by atoms with Crippen LogP contribution in [0, 0.1) is 6.92 Å². The van der Waals surface area contributed by atoms with Crippen molar-refractivity contribution >= 4 is 39.1 Å². The fourth-order valence-electron chi connectivity index (χ4n) is 2.93. The number of amides is 1. The number of nitrogens with one attached hydrogen (secondary N) is 1. The van der Waals surface area contributed by atoms with Gasteiger partial charge in [0.15, 0.2) is 6.61 Å². The van der Waals surface area contributed by atoms with E-state index in [2.05, 4.69) is 15.2 Å². The number of rotatable bonds is 6. The summed E-state index contributed by atoms with van der Waals surface area (Å²) in [5.74, 6) is -0.140. The van der Waals surface area contributed by atoms with Crippen LogP contribution in [0.5, 0.6) is 5.75 Å². The van der Waals surface area contributed by atoms with Gasteiger partial charge in [0.25, 0.3) is 5.91 Å². The highest BCUT2D eigenvalue weighted by molar-refractivity contribution is 7.20. The van der Waals surface area contributed by atoms with E-state index in [1.807, 2.05) is 48.0 Å². The number of benzene rings is 2. The fourth-order valence-corrected chi connectivity index (χ4v) is 4.01. The second-order valence-electron chi connectivity index (χ2n) is 6.51. The van der Waals surface area contributed by atoms with Gasteiger partial charge >= 0.3 is 5.97 Å². The highest BCUT2D eigenvalue weighted by Crippen LogP contribution is 2.31. The first kappa shape index (κ1) is 19.7. The lowest BCUT2D eigenvalue weighted by molar-refractivity contribution is -0.142. The molecule has 0 unspecified atom stereocenters. The number of hydrogen-bond donors (Lipinski definition) is 1. The van der Waals surface area contributed by atoms with Gasteiger partial charge in [0.2, 0.25) is 0 Å². The minimum Gasteiger partial charge on any atom is -0.482 e. The minimum atomic E-state index is -0.457. The van der Waals surface area contributed by atoms with E-state index in [9.17, 15) is 9.59 Å². The molecule has 1 N–H and O–H groups in total. The molecule has 0 spiro atoms. The molecule has 0 bridgehead atoms. The number of aromatic nitrogens is 2. The molecule has 152 valence electrons. The topological polar surface area (TPSA) is 82.4 Å². The van der Waals surface area contributed by atoms with Gasteiger partial charge in [0.05, 0.1) is 23.4 Å². The summed E-state index contributed by atoms with van der Waals surface area (Å²) in [5.41, 5.74) is 2.45. The number of nitrogens with zero attached hydrogens (tertiary/aromatic N) is 2. The highest BCUT2D eigenvalue weighted by atomic mass is 32.1. The number of fused-ring (bicyclic) bond motifs is 1. The van der Waals surface area contributed by atoms with Crippen molar-refractivity contribution in [2.45, 2.75) is 6.92 Å². The Kier molecular flexibility index (Phi) is 5.49. The summed E-state index contributed by atoms with van der Waals surface area (Å²) in [4.78, 5) is 25.4. The molecule has 8 heteroatoms. The van der Waals surface area contributed by atoms with Gasteiger partial charge in [-0.15, -0.1) is 11.3 Å². The lowest BCUT2D eigenvalue weighted by Gasteiger charge is -2.07. The molecular formula is C22H19N3O4S. The molecule has 0 radical (unpaired) electrons. The Morgan fingerprint density at radius 3 is 2.53 bits per heavy atom. The molecule has 2 heterocycles. The summed E-state index contributed by atoms with van der Waals surface area (Å²) < 4.78 is 11.7. The number of anilines is 1. The van der Waals surface area contributed by atoms with Gasteiger partial charge in [0, 0.05) is 11.1 Å². The largest absolute Gasteiger partial charge is 0.482 e. The van der Waals surface area contributed by atoms with Crippen molar-refractivity contribution in [3.8, 4) is 11.4 Å².